The van der Waals surface area contributed by atoms with E-state index in [1.54, 1.807) is 7.05 Å². The summed E-state index contributed by atoms with van der Waals surface area (Å²) in [7, 11) is -0.673. The molecule has 10 heteroatoms. The number of carbonyl (C=O) groups is 1. The SMILES string of the molecule is COc1ccc([N+](=O)[O-])cc1NC(=O)c1ccc(S(=O)(=O)N(C)C2CCCC2)cc1. The topological polar surface area (TPSA) is 119 Å². The molecular formula is C20H23N3O6S. The van der Waals surface area contributed by atoms with Crippen molar-refractivity contribution in [1.82, 2.24) is 4.31 Å². The second kappa shape index (κ2) is 8.80. The van der Waals surface area contributed by atoms with Gasteiger partial charge < -0.3 is 10.1 Å². The molecule has 0 atom stereocenters. The molecule has 1 N–H and O–H groups in total. The van der Waals surface area contributed by atoms with Crippen LogP contribution in [0.1, 0.15) is 36.0 Å². The minimum absolute atomic E-state index is 0.000638. The van der Waals surface area contributed by atoms with E-state index >= 15 is 0 Å². The molecule has 0 aliphatic heterocycles. The molecule has 1 aliphatic rings. The number of anilines is 1. The summed E-state index contributed by atoms with van der Waals surface area (Å²) in [5.74, 6) is -0.270. The van der Waals surface area contributed by atoms with Crippen LogP contribution >= 0.6 is 0 Å². The molecule has 160 valence electrons. The van der Waals surface area contributed by atoms with Crippen molar-refractivity contribution < 1.29 is 22.9 Å². The second-order valence-corrected chi connectivity index (χ2v) is 9.08. The van der Waals surface area contributed by atoms with Crippen LogP contribution in [0.3, 0.4) is 0 Å². The predicted molar refractivity (Wildman–Crippen MR) is 111 cm³/mol. The lowest BCUT2D eigenvalue weighted by molar-refractivity contribution is -0.384. The Kier molecular flexibility index (Phi) is 6.37. The third-order valence-electron chi connectivity index (χ3n) is 5.27. The van der Waals surface area contributed by atoms with Gasteiger partial charge in [-0.25, -0.2) is 8.42 Å². The summed E-state index contributed by atoms with van der Waals surface area (Å²) in [6, 6.07) is 9.46. The minimum atomic E-state index is -3.64. The standard InChI is InChI=1S/C20H23N3O6S/c1-22(15-5-3-4-6-15)30(27,28)17-10-7-14(8-11-17)20(24)21-18-13-16(23(25)26)9-12-19(18)29-2/h7-13,15H,3-6H2,1-2H3,(H,21,24). The first-order valence-corrected chi connectivity index (χ1v) is 10.9. The molecule has 2 aromatic carbocycles. The van der Waals surface area contributed by atoms with E-state index in [2.05, 4.69) is 5.32 Å². The second-order valence-electron chi connectivity index (χ2n) is 7.08. The number of nitro groups is 1. The number of nitrogens with one attached hydrogen (secondary N) is 1. The van der Waals surface area contributed by atoms with Gasteiger partial charge in [0.1, 0.15) is 5.75 Å². The number of nitro benzene ring substituents is 1. The summed E-state index contributed by atoms with van der Waals surface area (Å²) in [6.45, 7) is 0. The Morgan fingerprint density at radius 3 is 2.37 bits per heavy atom. The first kappa shape index (κ1) is 21.7. The maximum absolute atomic E-state index is 12.8. The van der Waals surface area contributed by atoms with E-state index < -0.39 is 20.9 Å². The van der Waals surface area contributed by atoms with Gasteiger partial charge in [0.05, 0.1) is 22.6 Å². The molecule has 1 amide bonds. The Morgan fingerprint density at radius 2 is 1.80 bits per heavy atom. The van der Waals surface area contributed by atoms with Crippen molar-refractivity contribution in [2.24, 2.45) is 0 Å². The highest BCUT2D eigenvalue weighted by Gasteiger charge is 2.30. The van der Waals surface area contributed by atoms with Crippen molar-refractivity contribution in [2.45, 2.75) is 36.6 Å². The molecule has 0 heterocycles. The Bertz CT molecular complexity index is 1050. The van der Waals surface area contributed by atoms with Crippen LogP contribution in [0, 0.1) is 10.1 Å². The highest BCUT2D eigenvalue weighted by Crippen LogP contribution is 2.30. The Balaban J connectivity index is 1.79. The number of sulfonamides is 1. The minimum Gasteiger partial charge on any atom is -0.495 e. The van der Waals surface area contributed by atoms with Gasteiger partial charge in [-0.1, -0.05) is 12.8 Å². The summed E-state index contributed by atoms with van der Waals surface area (Å²) in [6.07, 6.45) is 3.73. The largest absolute Gasteiger partial charge is 0.495 e. The fourth-order valence-corrected chi connectivity index (χ4v) is 4.93. The van der Waals surface area contributed by atoms with Crippen LogP contribution in [0.4, 0.5) is 11.4 Å². The van der Waals surface area contributed by atoms with Gasteiger partial charge in [-0.3, -0.25) is 14.9 Å². The van der Waals surface area contributed by atoms with Crippen molar-refractivity contribution in [3.63, 3.8) is 0 Å². The quantitative estimate of drug-likeness (QED) is 0.528. The van der Waals surface area contributed by atoms with Gasteiger partial charge >= 0.3 is 0 Å². The predicted octanol–water partition coefficient (Wildman–Crippen LogP) is 3.42. The number of amides is 1. The van der Waals surface area contributed by atoms with Crippen LogP contribution in [0.5, 0.6) is 5.75 Å². The van der Waals surface area contributed by atoms with Crippen LogP contribution in [-0.4, -0.2) is 43.8 Å². The van der Waals surface area contributed by atoms with Crippen LogP contribution in [0.2, 0.25) is 0 Å². The van der Waals surface area contributed by atoms with Crippen molar-refractivity contribution >= 4 is 27.3 Å². The van der Waals surface area contributed by atoms with Crippen LogP contribution in [-0.2, 0) is 10.0 Å². The lowest BCUT2D eigenvalue weighted by Crippen LogP contribution is -2.35. The fraction of sp³-hybridized carbons (Fsp3) is 0.350. The van der Waals surface area contributed by atoms with E-state index in [0.717, 1.165) is 25.7 Å². The molecule has 2 aromatic rings. The maximum atomic E-state index is 12.8. The molecule has 30 heavy (non-hydrogen) atoms. The molecule has 0 aromatic heterocycles. The molecule has 1 aliphatic carbocycles. The number of hydrogen-bond acceptors (Lipinski definition) is 6. The van der Waals surface area contributed by atoms with Gasteiger partial charge in [0, 0.05) is 30.8 Å². The summed E-state index contributed by atoms with van der Waals surface area (Å²) < 4.78 is 32.2. The first-order chi connectivity index (χ1) is 14.2. The summed E-state index contributed by atoms with van der Waals surface area (Å²) >= 11 is 0. The first-order valence-electron chi connectivity index (χ1n) is 9.46. The number of methoxy groups -OCH3 is 1. The van der Waals surface area contributed by atoms with Gasteiger partial charge in [-0.05, 0) is 43.2 Å². The van der Waals surface area contributed by atoms with E-state index in [4.69, 9.17) is 4.74 Å². The van der Waals surface area contributed by atoms with E-state index in [9.17, 15) is 23.3 Å². The molecule has 0 unspecified atom stereocenters. The zero-order valence-corrected chi connectivity index (χ0v) is 17.5. The van der Waals surface area contributed by atoms with Crippen LogP contribution < -0.4 is 10.1 Å². The summed E-state index contributed by atoms with van der Waals surface area (Å²) in [4.78, 5) is 23.1. The Morgan fingerprint density at radius 1 is 1.17 bits per heavy atom. The fourth-order valence-electron chi connectivity index (χ4n) is 3.51. The molecule has 0 saturated heterocycles. The number of rotatable bonds is 7. The average molecular weight is 433 g/mol. The summed E-state index contributed by atoms with van der Waals surface area (Å²) in [5, 5.41) is 13.6. The number of hydrogen-bond donors (Lipinski definition) is 1. The normalized spacial score (nSPS) is 14.6. The Hall–Kier alpha value is -2.98. The molecule has 0 spiro atoms. The molecule has 1 saturated carbocycles. The van der Waals surface area contributed by atoms with Gasteiger partial charge in [-0.15, -0.1) is 0 Å². The number of non-ortho nitro benzene ring substituents is 1. The van der Waals surface area contributed by atoms with Gasteiger partial charge in [0.25, 0.3) is 11.6 Å². The van der Waals surface area contributed by atoms with Crippen molar-refractivity contribution in [3.05, 3.63) is 58.1 Å². The Labute approximate surface area is 174 Å². The zero-order valence-electron chi connectivity index (χ0n) is 16.7. The van der Waals surface area contributed by atoms with E-state index in [0.29, 0.717) is 0 Å². The summed E-state index contributed by atoms with van der Waals surface area (Å²) in [5.41, 5.74) is 0.169. The van der Waals surface area contributed by atoms with Gasteiger partial charge in [0.2, 0.25) is 10.0 Å². The maximum Gasteiger partial charge on any atom is 0.271 e. The number of carbonyl (C=O) groups excluding carboxylic acids is 1. The number of nitrogens with zero attached hydrogens (tertiary/aromatic N) is 2. The van der Waals surface area contributed by atoms with E-state index in [1.807, 2.05) is 0 Å². The molecule has 0 radical (unpaired) electrons. The smallest absolute Gasteiger partial charge is 0.271 e. The molecule has 0 bridgehead atoms. The van der Waals surface area contributed by atoms with E-state index in [-0.39, 0.29) is 33.6 Å². The zero-order chi connectivity index (χ0) is 21.9. The highest BCUT2D eigenvalue weighted by molar-refractivity contribution is 7.89. The molecular weight excluding hydrogens is 410 g/mol. The lowest BCUT2D eigenvalue weighted by Gasteiger charge is -2.23. The lowest BCUT2D eigenvalue weighted by atomic mass is 10.2. The third-order valence-corrected chi connectivity index (χ3v) is 7.20. The monoisotopic (exact) mass is 433 g/mol. The molecule has 1 fully saturated rings. The van der Waals surface area contributed by atoms with Crippen molar-refractivity contribution in [3.8, 4) is 5.75 Å². The highest BCUT2D eigenvalue weighted by atomic mass is 32.2. The molecule has 9 nitrogen and oxygen atoms in total. The third kappa shape index (κ3) is 4.44. The number of ether oxygens (including phenoxy) is 1. The average Bonchev–Trinajstić information content (AvgIpc) is 3.27. The number of benzene rings is 2. The van der Waals surface area contributed by atoms with Crippen LogP contribution in [0.25, 0.3) is 0 Å². The van der Waals surface area contributed by atoms with Gasteiger partial charge in [-0.2, -0.15) is 4.31 Å². The van der Waals surface area contributed by atoms with Crippen molar-refractivity contribution in [1.29, 1.82) is 0 Å². The van der Waals surface area contributed by atoms with Gasteiger partial charge in [0.15, 0.2) is 0 Å². The van der Waals surface area contributed by atoms with Crippen molar-refractivity contribution in [2.75, 3.05) is 19.5 Å². The molecule has 3 rings (SSSR count). The van der Waals surface area contributed by atoms with Crippen LogP contribution in [0.15, 0.2) is 47.4 Å². The van der Waals surface area contributed by atoms with E-state index in [1.165, 1.54) is 53.9 Å².